The lowest BCUT2D eigenvalue weighted by Gasteiger charge is -2.13. The average molecular weight is 369 g/mol. The first-order valence-electron chi connectivity index (χ1n) is 7.71. The Morgan fingerprint density at radius 2 is 2.00 bits per heavy atom. The smallest absolute Gasteiger partial charge is 0.257 e. The summed E-state index contributed by atoms with van der Waals surface area (Å²) >= 11 is 3.38. The third-order valence-corrected chi connectivity index (χ3v) is 5.93. The standard InChI is InChI=1S/C18H15N3O2S2/c1-22-14-8-6-12(7-9-14)17-20-16(21-23-17)11-25-18-19-15-5-3-2-4-13(15)10-24-18/h2-9H,10-11H2,1H3. The summed E-state index contributed by atoms with van der Waals surface area (Å²) in [5.41, 5.74) is 3.21. The molecule has 0 saturated carbocycles. The Morgan fingerprint density at radius 3 is 2.84 bits per heavy atom. The molecule has 0 spiro atoms. The maximum absolute atomic E-state index is 5.36. The summed E-state index contributed by atoms with van der Waals surface area (Å²) in [5.74, 6) is 3.56. The highest BCUT2D eigenvalue weighted by molar-refractivity contribution is 8.38. The molecule has 4 rings (SSSR count). The fraction of sp³-hybridized carbons (Fsp3) is 0.167. The van der Waals surface area contributed by atoms with Crippen LogP contribution in [0.1, 0.15) is 11.4 Å². The number of fused-ring (bicyclic) bond motifs is 1. The Bertz CT molecular complexity index is 907. The number of thioether (sulfide) groups is 2. The zero-order valence-corrected chi connectivity index (χ0v) is 15.1. The zero-order valence-electron chi connectivity index (χ0n) is 13.5. The predicted octanol–water partition coefficient (Wildman–Crippen LogP) is 4.91. The highest BCUT2D eigenvalue weighted by Gasteiger charge is 2.15. The Labute approximate surface area is 153 Å². The molecule has 0 radical (unpaired) electrons. The van der Waals surface area contributed by atoms with Gasteiger partial charge in [0, 0.05) is 11.3 Å². The Morgan fingerprint density at radius 1 is 1.16 bits per heavy atom. The number of hydrogen-bond donors (Lipinski definition) is 0. The molecule has 0 N–H and O–H groups in total. The molecular weight excluding hydrogens is 354 g/mol. The van der Waals surface area contributed by atoms with E-state index >= 15 is 0 Å². The number of nitrogens with zero attached hydrogens (tertiary/aromatic N) is 3. The average Bonchev–Trinajstić information content (AvgIpc) is 3.15. The first-order chi connectivity index (χ1) is 12.3. The van der Waals surface area contributed by atoms with Crippen molar-refractivity contribution < 1.29 is 9.26 Å². The van der Waals surface area contributed by atoms with Crippen LogP contribution in [0.3, 0.4) is 0 Å². The van der Waals surface area contributed by atoms with E-state index in [9.17, 15) is 0 Å². The number of para-hydroxylation sites is 1. The molecule has 0 amide bonds. The van der Waals surface area contributed by atoms with Gasteiger partial charge in [-0.05, 0) is 35.9 Å². The van der Waals surface area contributed by atoms with Crippen molar-refractivity contribution in [3.63, 3.8) is 0 Å². The Kier molecular flexibility index (Phi) is 4.76. The number of aromatic nitrogens is 2. The number of ether oxygens (including phenoxy) is 1. The molecule has 1 aliphatic heterocycles. The van der Waals surface area contributed by atoms with Gasteiger partial charge >= 0.3 is 0 Å². The maximum atomic E-state index is 5.36. The molecule has 7 heteroatoms. The van der Waals surface area contributed by atoms with Crippen LogP contribution in [0.2, 0.25) is 0 Å². The quantitative estimate of drug-likeness (QED) is 0.651. The number of rotatable bonds is 4. The van der Waals surface area contributed by atoms with Gasteiger partial charge in [-0.25, -0.2) is 4.99 Å². The molecule has 1 aromatic heterocycles. The first kappa shape index (κ1) is 16.2. The minimum Gasteiger partial charge on any atom is -0.497 e. The van der Waals surface area contributed by atoms with Crippen molar-refractivity contribution in [3.8, 4) is 17.2 Å². The van der Waals surface area contributed by atoms with Crippen molar-refractivity contribution in [1.29, 1.82) is 0 Å². The van der Waals surface area contributed by atoms with E-state index in [-0.39, 0.29) is 0 Å². The second-order valence-electron chi connectivity index (χ2n) is 5.33. The SMILES string of the molecule is COc1ccc(-c2nc(CSC3=Nc4ccccc4CS3)no2)cc1. The van der Waals surface area contributed by atoms with E-state index in [1.165, 1.54) is 5.56 Å². The summed E-state index contributed by atoms with van der Waals surface area (Å²) in [4.78, 5) is 9.15. The molecule has 5 nitrogen and oxygen atoms in total. The summed E-state index contributed by atoms with van der Waals surface area (Å²) in [6.45, 7) is 0. The number of hydrogen-bond acceptors (Lipinski definition) is 7. The van der Waals surface area contributed by atoms with Crippen LogP contribution in [0.4, 0.5) is 5.69 Å². The Hall–Kier alpha value is -2.25. The van der Waals surface area contributed by atoms with Crippen molar-refractivity contribution in [3.05, 3.63) is 59.9 Å². The topological polar surface area (TPSA) is 60.5 Å². The van der Waals surface area contributed by atoms with Crippen molar-refractivity contribution in [2.24, 2.45) is 4.99 Å². The zero-order chi connectivity index (χ0) is 17.1. The monoisotopic (exact) mass is 369 g/mol. The van der Waals surface area contributed by atoms with Crippen LogP contribution in [-0.2, 0) is 11.5 Å². The molecule has 0 bridgehead atoms. The van der Waals surface area contributed by atoms with Crippen molar-refractivity contribution in [1.82, 2.24) is 10.1 Å². The van der Waals surface area contributed by atoms with Crippen LogP contribution >= 0.6 is 23.5 Å². The minimum atomic E-state index is 0.516. The molecule has 0 fully saturated rings. The van der Waals surface area contributed by atoms with Gasteiger partial charge in [0.1, 0.15) is 10.1 Å². The van der Waals surface area contributed by atoms with Gasteiger partial charge in [0.05, 0.1) is 18.6 Å². The molecule has 1 aliphatic rings. The van der Waals surface area contributed by atoms with Gasteiger partial charge in [-0.1, -0.05) is 46.9 Å². The minimum absolute atomic E-state index is 0.516. The summed E-state index contributed by atoms with van der Waals surface area (Å²) in [5, 5.41) is 4.06. The van der Waals surface area contributed by atoms with E-state index in [1.54, 1.807) is 30.6 Å². The highest BCUT2D eigenvalue weighted by Crippen LogP contribution is 2.35. The lowest BCUT2D eigenvalue weighted by molar-refractivity contribution is 0.414. The fourth-order valence-corrected chi connectivity index (χ4v) is 4.28. The molecule has 25 heavy (non-hydrogen) atoms. The van der Waals surface area contributed by atoms with Gasteiger partial charge < -0.3 is 9.26 Å². The fourth-order valence-electron chi connectivity index (χ4n) is 2.38. The largest absolute Gasteiger partial charge is 0.497 e. The van der Waals surface area contributed by atoms with Crippen LogP contribution in [0.15, 0.2) is 58.0 Å². The molecule has 0 atom stereocenters. The van der Waals surface area contributed by atoms with E-state index in [0.29, 0.717) is 17.5 Å². The molecule has 2 heterocycles. The summed E-state index contributed by atoms with van der Waals surface area (Å²) in [6.07, 6.45) is 0. The van der Waals surface area contributed by atoms with Gasteiger partial charge in [-0.15, -0.1) is 0 Å². The van der Waals surface area contributed by atoms with E-state index in [2.05, 4.69) is 21.2 Å². The van der Waals surface area contributed by atoms with Crippen molar-refractivity contribution in [2.45, 2.75) is 11.5 Å². The maximum Gasteiger partial charge on any atom is 0.257 e. The van der Waals surface area contributed by atoms with E-state index in [4.69, 9.17) is 9.26 Å². The van der Waals surface area contributed by atoms with Gasteiger partial charge in [-0.3, -0.25) is 0 Å². The van der Waals surface area contributed by atoms with Crippen LogP contribution in [0.5, 0.6) is 5.75 Å². The summed E-state index contributed by atoms with van der Waals surface area (Å²) in [6, 6.07) is 15.8. The Balaban J connectivity index is 1.42. The van der Waals surface area contributed by atoms with Crippen molar-refractivity contribution >= 4 is 33.6 Å². The predicted molar refractivity (Wildman–Crippen MR) is 102 cm³/mol. The van der Waals surface area contributed by atoms with Gasteiger partial charge in [0.2, 0.25) is 0 Å². The molecular formula is C18H15N3O2S2. The van der Waals surface area contributed by atoms with Gasteiger partial charge in [-0.2, -0.15) is 4.98 Å². The molecule has 3 aromatic rings. The normalized spacial score (nSPS) is 13.2. The van der Waals surface area contributed by atoms with Crippen LogP contribution in [0.25, 0.3) is 11.5 Å². The molecule has 0 unspecified atom stereocenters. The lowest BCUT2D eigenvalue weighted by Crippen LogP contribution is -1.96. The van der Waals surface area contributed by atoms with E-state index < -0.39 is 0 Å². The van der Waals surface area contributed by atoms with E-state index in [0.717, 1.165) is 27.1 Å². The number of aliphatic imine (C=N–C) groups is 1. The number of benzene rings is 2. The van der Waals surface area contributed by atoms with E-state index in [1.807, 2.05) is 42.5 Å². The second kappa shape index (κ2) is 7.33. The molecule has 126 valence electrons. The second-order valence-corrected chi connectivity index (χ2v) is 7.51. The van der Waals surface area contributed by atoms with Crippen LogP contribution < -0.4 is 4.74 Å². The summed E-state index contributed by atoms with van der Waals surface area (Å²) in [7, 11) is 1.64. The van der Waals surface area contributed by atoms with Gasteiger partial charge in [0.25, 0.3) is 5.89 Å². The lowest BCUT2D eigenvalue weighted by atomic mass is 10.2. The third kappa shape index (κ3) is 3.72. The van der Waals surface area contributed by atoms with Crippen LogP contribution in [-0.4, -0.2) is 21.6 Å². The first-order valence-corrected chi connectivity index (χ1v) is 9.68. The molecule has 0 aliphatic carbocycles. The number of methoxy groups -OCH3 is 1. The highest BCUT2D eigenvalue weighted by atomic mass is 32.2. The molecule has 2 aromatic carbocycles. The third-order valence-electron chi connectivity index (χ3n) is 3.68. The van der Waals surface area contributed by atoms with Gasteiger partial charge in [0.15, 0.2) is 5.82 Å². The van der Waals surface area contributed by atoms with Crippen molar-refractivity contribution in [2.75, 3.05) is 7.11 Å². The summed E-state index contributed by atoms with van der Waals surface area (Å²) < 4.78 is 11.6. The van der Waals surface area contributed by atoms with Crippen LogP contribution in [0, 0.1) is 0 Å². The molecule has 0 saturated heterocycles.